The minimum atomic E-state index is -0.592. The molecule has 0 aliphatic rings. The van der Waals surface area contributed by atoms with Crippen molar-refractivity contribution in [1.82, 2.24) is 9.97 Å². The molecule has 2 rings (SSSR count). The number of hydrogen-bond acceptors (Lipinski definition) is 6. The molecule has 0 unspecified atom stereocenters. The minimum absolute atomic E-state index is 0.0507. The summed E-state index contributed by atoms with van der Waals surface area (Å²) in [6.45, 7) is 1.47. The van der Waals surface area contributed by atoms with E-state index in [1.807, 2.05) is 0 Å². The Labute approximate surface area is 137 Å². The number of benzene rings is 1. The molecule has 0 fully saturated rings. The van der Waals surface area contributed by atoms with Gasteiger partial charge in [0.1, 0.15) is 5.69 Å². The Bertz CT molecular complexity index is 741. The van der Waals surface area contributed by atoms with Gasteiger partial charge in [-0.3, -0.25) is 10.1 Å². The third-order valence-electron chi connectivity index (χ3n) is 2.55. The molecule has 0 aliphatic heterocycles. The van der Waals surface area contributed by atoms with Gasteiger partial charge in [0.05, 0.1) is 20.7 Å². The predicted octanol–water partition coefficient (Wildman–Crippen LogP) is 4.09. The summed E-state index contributed by atoms with van der Waals surface area (Å²) in [7, 11) is 0. The quantitative estimate of drug-likeness (QED) is 0.462. The molecule has 0 atom stereocenters. The average Bonchev–Trinajstić information content (AvgIpc) is 2.38. The second-order valence-electron chi connectivity index (χ2n) is 3.97. The van der Waals surface area contributed by atoms with Gasteiger partial charge in [-0.05, 0) is 35.0 Å². The molecule has 0 saturated heterocycles. The maximum absolute atomic E-state index is 11.1. The molecule has 0 spiro atoms. The minimum Gasteiger partial charge on any atom is -0.368 e. The first-order chi connectivity index (χ1) is 9.81. The Morgan fingerprint density at radius 3 is 2.62 bits per heavy atom. The Balaban J connectivity index is 2.54. The highest BCUT2D eigenvalue weighted by atomic mass is 79.9. The van der Waals surface area contributed by atoms with Crippen molar-refractivity contribution in [2.75, 3.05) is 11.1 Å². The van der Waals surface area contributed by atoms with E-state index >= 15 is 0 Å². The average molecular weight is 393 g/mol. The number of anilines is 3. The number of halogens is 3. The van der Waals surface area contributed by atoms with Gasteiger partial charge in [-0.25, -0.2) is 4.98 Å². The molecule has 0 bridgehead atoms. The van der Waals surface area contributed by atoms with Crippen LogP contribution in [0.2, 0.25) is 10.0 Å². The van der Waals surface area contributed by atoms with Gasteiger partial charge in [-0.1, -0.05) is 23.2 Å². The highest BCUT2D eigenvalue weighted by Gasteiger charge is 2.22. The van der Waals surface area contributed by atoms with Crippen molar-refractivity contribution in [3.8, 4) is 0 Å². The molecular formula is C11H8BrCl2N5O2. The Morgan fingerprint density at radius 2 is 2.00 bits per heavy atom. The lowest BCUT2D eigenvalue weighted by Gasteiger charge is -2.11. The lowest BCUT2D eigenvalue weighted by atomic mass is 10.3. The van der Waals surface area contributed by atoms with E-state index in [2.05, 4.69) is 31.2 Å². The third-order valence-corrected chi connectivity index (χ3v) is 4.32. The first-order valence-corrected chi connectivity index (χ1v) is 7.05. The van der Waals surface area contributed by atoms with E-state index in [0.717, 1.165) is 0 Å². The first-order valence-electron chi connectivity index (χ1n) is 5.50. The fourth-order valence-corrected chi connectivity index (χ4v) is 2.47. The molecule has 0 saturated carbocycles. The summed E-state index contributed by atoms with van der Waals surface area (Å²) in [4.78, 5) is 18.2. The Hall–Kier alpha value is -1.64. The van der Waals surface area contributed by atoms with Crippen LogP contribution in [0.3, 0.4) is 0 Å². The maximum Gasteiger partial charge on any atom is 0.332 e. The second kappa shape index (κ2) is 6.00. The number of nitrogens with two attached hydrogens (primary N) is 1. The van der Waals surface area contributed by atoms with Gasteiger partial charge in [-0.15, -0.1) is 0 Å². The van der Waals surface area contributed by atoms with Gasteiger partial charge in [-0.2, -0.15) is 4.98 Å². The smallest absolute Gasteiger partial charge is 0.332 e. The number of rotatable bonds is 3. The van der Waals surface area contributed by atoms with E-state index in [9.17, 15) is 10.1 Å². The fourth-order valence-electron chi connectivity index (χ4n) is 1.64. The number of nitro groups is 1. The number of aromatic nitrogens is 2. The molecule has 7 nitrogen and oxygen atoms in total. The van der Waals surface area contributed by atoms with Crippen molar-refractivity contribution < 1.29 is 4.92 Å². The largest absolute Gasteiger partial charge is 0.368 e. The Kier molecular flexibility index (Phi) is 4.50. The molecule has 10 heteroatoms. The maximum atomic E-state index is 11.1. The molecule has 0 radical (unpaired) electrons. The highest BCUT2D eigenvalue weighted by Crippen LogP contribution is 2.38. The van der Waals surface area contributed by atoms with Crippen LogP contribution in [-0.2, 0) is 0 Å². The molecule has 0 amide bonds. The van der Waals surface area contributed by atoms with Crippen LogP contribution in [0.25, 0.3) is 0 Å². The summed E-state index contributed by atoms with van der Waals surface area (Å²) in [5, 5.41) is 14.4. The summed E-state index contributed by atoms with van der Waals surface area (Å²) in [5.74, 6) is -0.134. The van der Waals surface area contributed by atoms with Gasteiger partial charge in [0.2, 0.25) is 11.8 Å². The van der Waals surface area contributed by atoms with Crippen LogP contribution < -0.4 is 11.1 Å². The lowest BCUT2D eigenvalue weighted by Crippen LogP contribution is -2.07. The van der Waals surface area contributed by atoms with Gasteiger partial charge < -0.3 is 11.1 Å². The standard InChI is InChI=1S/C11H8BrCl2N5O2/c1-4-9(19(20)21)10(18-11(15)16-4)17-6-3-2-5(12)7(13)8(6)14/h2-3H,1H3,(H3,15,16,17,18). The molecule has 1 aromatic carbocycles. The van der Waals surface area contributed by atoms with Crippen molar-refractivity contribution in [3.63, 3.8) is 0 Å². The van der Waals surface area contributed by atoms with Crippen molar-refractivity contribution in [2.24, 2.45) is 0 Å². The Morgan fingerprint density at radius 1 is 1.33 bits per heavy atom. The van der Waals surface area contributed by atoms with Crippen molar-refractivity contribution in [2.45, 2.75) is 6.92 Å². The van der Waals surface area contributed by atoms with Crippen LogP contribution in [0.4, 0.5) is 23.1 Å². The lowest BCUT2D eigenvalue weighted by molar-refractivity contribution is -0.385. The number of nitrogen functional groups attached to an aromatic ring is 1. The summed E-state index contributed by atoms with van der Waals surface area (Å²) in [5.41, 5.74) is 5.76. The molecular weight excluding hydrogens is 385 g/mol. The summed E-state index contributed by atoms with van der Waals surface area (Å²) in [6.07, 6.45) is 0. The van der Waals surface area contributed by atoms with E-state index < -0.39 is 4.92 Å². The zero-order valence-corrected chi connectivity index (χ0v) is 13.6. The highest BCUT2D eigenvalue weighted by molar-refractivity contribution is 9.10. The topological polar surface area (TPSA) is 107 Å². The van der Waals surface area contributed by atoms with E-state index in [-0.39, 0.29) is 33.2 Å². The van der Waals surface area contributed by atoms with Crippen molar-refractivity contribution >= 4 is 62.3 Å². The van der Waals surface area contributed by atoms with Gasteiger partial charge >= 0.3 is 5.69 Å². The van der Waals surface area contributed by atoms with Crippen LogP contribution in [0, 0.1) is 17.0 Å². The monoisotopic (exact) mass is 391 g/mol. The fraction of sp³-hybridized carbons (Fsp3) is 0.0909. The van der Waals surface area contributed by atoms with Crippen molar-refractivity contribution in [3.05, 3.63) is 42.5 Å². The zero-order chi connectivity index (χ0) is 15.7. The van der Waals surface area contributed by atoms with E-state index in [4.69, 9.17) is 28.9 Å². The molecule has 1 aromatic heterocycles. The number of hydrogen-bond donors (Lipinski definition) is 2. The molecule has 21 heavy (non-hydrogen) atoms. The summed E-state index contributed by atoms with van der Waals surface area (Å²) < 4.78 is 0.604. The van der Waals surface area contributed by atoms with Crippen molar-refractivity contribution in [1.29, 1.82) is 0 Å². The number of aryl methyl sites for hydroxylation is 1. The van der Waals surface area contributed by atoms with Crippen LogP contribution in [0.1, 0.15) is 5.69 Å². The van der Waals surface area contributed by atoms with Crippen LogP contribution >= 0.6 is 39.1 Å². The van der Waals surface area contributed by atoms with E-state index in [1.54, 1.807) is 12.1 Å². The molecule has 2 aromatic rings. The van der Waals surface area contributed by atoms with E-state index in [0.29, 0.717) is 10.2 Å². The molecule has 0 aliphatic carbocycles. The summed E-state index contributed by atoms with van der Waals surface area (Å²) in [6, 6.07) is 3.26. The second-order valence-corrected chi connectivity index (χ2v) is 5.58. The van der Waals surface area contributed by atoms with Crippen LogP contribution in [-0.4, -0.2) is 14.9 Å². The van der Waals surface area contributed by atoms with Gasteiger partial charge in [0.25, 0.3) is 0 Å². The predicted molar refractivity (Wildman–Crippen MR) is 85.3 cm³/mol. The molecule has 3 N–H and O–H groups in total. The zero-order valence-electron chi connectivity index (χ0n) is 10.5. The number of nitrogens with zero attached hydrogens (tertiary/aromatic N) is 3. The van der Waals surface area contributed by atoms with Gasteiger partial charge in [0.15, 0.2) is 0 Å². The van der Waals surface area contributed by atoms with Crippen LogP contribution in [0.5, 0.6) is 0 Å². The SMILES string of the molecule is Cc1nc(N)nc(Nc2ccc(Br)c(Cl)c2Cl)c1[N+](=O)[O-]. The molecule has 1 heterocycles. The first kappa shape index (κ1) is 15.7. The normalized spacial score (nSPS) is 10.5. The van der Waals surface area contributed by atoms with E-state index in [1.165, 1.54) is 6.92 Å². The number of nitrogens with one attached hydrogen (secondary N) is 1. The molecule has 110 valence electrons. The summed E-state index contributed by atoms with van der Waals surface area (Å²) >= 11 is 15.3. The van der Waals surface area contributed by atoms with Gasteiger partial charge in [0, 0.05) is 4.47 Å². The van der Waals surface area contributed by atoms with Crippen LogP contribution in [0.15, 0.2) is 16.6 Å². The third kappa shape index (κ3) is 3.17.